The second-order valence-electron chi connectivity index (χ2n) is 6.57. The van der Waals surface area contributed by atoms with Crippen molar-refractivity contribution in [2.24, 2.45) is 0 Å². The standard InChI is InChI=1S/C19H20ClNO3/c1-11(6-5-7-14-13(20)8-9-21-14)15-10-16-17(18(22)24-15)19(3,4)12(2)23-16/h5-10,12,21H,1-4H3/b7-5+,11-6+. The molecule has 2 aromatic heterocycles. The van der Waals surface area contributed by atoms with Crippen molar-refractivity contribution in [3.05, 3.63) is 62.9 Å². The van der Waals surface area contributed by atoms with Crippen LogP contribution in [0.5, 0.6) is 5.75 Å². The van der Waals surface area contributed by atoms with Gasteiger partial charge >= 0.3 is 5.63 Å². The highest BCUT2D eigenvalue weighted by atomic mass is 35.5. The maximum absolute atomic E-state index is 12.4. The molecule has 1 aliphatic heterocycles. The highest BCUT2D eigenvalue weighted by Crippen LogP contribution is 2.41. The van der Waals surface area contributed by atoms with Crippen LogP contribution in [0.2, 0.25) is 5.02 Å². The molecule has 1 aliphatic rings. The molecule has 2 aromatic rings. The summed E-state index contributed by atoms with van der Waals surface area (Å²) in [5.74, 6) is 1.12. The van der Waals surface area contributed by atoms with Crippen LogP contribution >= 0.6 is 11.6 Å². The molecule has 5 heteroatoms. The van der Waals surface area contributed by atoms with E-state index in [1.165, 1.54) is 0 Å². The fraction of sp³-hybridized carbons (Fsp3) is 0.316. The Morgan fingerprint density at radius 1 is 1.42 bits per heavy atom. The molecular formula is C19H20ClNO3. The van der Waals surface area contributed by atoms with Crippen molar-refractivity contribution in [1.29, 1.82) is 0 Å². The van der Waals surface area contributed by atoms with E-state index in [1.54, 1.807) is 18.3 Å². The Morgan fingerprint density at radius 3 is 2.83 bits per heavy atom. The van der Waals surface area contributed by atoms with Gasteiger partial charge < -0.3 is 14.1 Å². The number of hydrogen-bond acceptors (Lipinski definition) is 3. The molecule has 0 aromatic carbocycles. The summed E-state index contributed by atoms with van der Waals surface area (Å²) in [4.78, 5) is 15.4. The van der Waals surface area contributed by atoms with E-state index in [4.69, 9.17) is 20.8 Å². The summed E-state index contributed by atoms with van der Waals surface area (Å²) in [6.45, 7) is 7.83. The maximum atomic E-state index is 12.4. The molecule has 3 heterocycles. The van der Waals surface area contributed by atoms with Gasteiger partial charge in [-0.05, 0) is 31.6 Å². The largest absolute Gasteiger partial charge is 0.489 e. The minimum absolute atomic E-state index is 0.0650. The predicted molar refractivity (Wildman–Crippen MR) is 96.6 cm³/mol. The number of halogens is 1. The zero-order valence-corrected chi connectivity index (χ0v) is 14.9. The topological polar surface area (TPSA) is 55.2 Å². The number of allylic oxidation sites excluding steroid dienone is 3. The first-order valence-corrected chi connectivity index (χ1v) is 8.22. The van der Waals surface area contributed by atoms with Crippen LogP contribution in [0.4, 0.5) is 0 Å². The van der Waals surface area contributed by atoms with Gasteiger partial charge in [-0.15, -0.1) is 0 Å². The van der Waals surface area contributed by atoms with E-state index in [-0.39, 0.29) is 17.1 Å². The van der Waals surface area contributed by atoms with Gasteiger partial charge in [-0.1, -0.05) is 37.6 Å². The van der Waals surface area contributed by atoms with Crippen LogP contribution in [-0.4, -0.2) is 11.1 Å². The fourth-order valence-electron chi connectivity index (χ4n) is 2.74. The summed E-state index contributed by atoms with van der Waals surface area (Å²) in [5.41, 5.74) is 1.59. The van der Waals surface area contributed by atoms with Crippen LogP contribution in [-0.2, 0) is 5.41 Å². The minimum atomic E-state index is -0.351. The van der Waals surface area contributed by atoms with Crippen molar-refractivity contribution in [3.8, 4) is 5.75 Å². The SMILES string of the molecule is C/C(=C\C=C\c1[nH]ccc1Cl)c1cc2c(c(=O)o1)C(C)(C)C(C)O2. The van der Waals surface area contributed by atoms with Gasteiger partial charge in [0.25, 0.3) is 0 Å². The second-order valence-corrected chi connectivity index (χ2v) is 6.97. The average molecular weight is 346 g/mol. The lowest BCUT2D eigenvalue weighted by atomic mass is 9.83. The number of nitrogens with one attached hydrogen (secondary N) is 1. The molecule has 126 valence electrons. The van der Waals surface area contributed by atoms with Crippen molar-refractivity contribution in [2.75, 3.05) is 0 Å². The summed E-state index contributed by atoms with van der Waals surface area (Å²) in [7, 11) is 0. The Morgan fingerprint density at radius 2 is 2.17 bits per heavy atom. The minimum Gasteiger partial charge on any atom is -0.489 e. The molecule has 1 atom stereocenters. The molecule has 0 radical (unpaired) electrons. The van der Waals surface area contributed by atoms with Crippen molar-refractivity contribution in [2.45, 2.75) is 39.2 Å². The summed E-state index contributed by atoms with van der Waals surface area (Å²) in [6.07, 6.45) is 7.29. The first-order valence-electron chi connectivity index (χ1n) is 7.84. The van der Waals surface area contributed by atoms with Gasteiger partial charge in [-0.2, -0.15) is 0 Å². The molecule has 3 rings (SSSR count). The van der Waals surface area contributed by atoms with E-state index in [1.807, 2.05) is 45.9 Å². The summed E-state index contributed by atoms with van der Waals surface area (Å²) >= 11 is 6.02. The van der Waals surface area contributed by atoms with Crippen LogP contribution in [0.25, 0.3) is 11.6 Å². The second kappa shape index (κ2) is 6.02. The van der Waals surface area contributed by atoms with E-state index < -0.39 is 0 Å². The zero-order valence-electron chi connectivity index (χ0n) is 14.1. The maximum Gasteiger partial charge on any atom is 0.343 e. The predicted octanol–water partition coefficient (Wildman–Crippen LogP) is 4.80. The summed E-state index contributed by atoms with van der Waals surface area (Å²) < 4.78 is 11.4. The molecule has 24 heavy (non-hydrogen) atoms. The van der Waals surface area contributed by atoms with Crippen LogP contribution in [0.3, 0.4) is 0 Å². The molecule has 0 aliphatic carbocycles. The molecule has 4 nitrogen and oxygen atoms in total. The highest BCUT2D eigenvalue weighted by molar-refractivity contribution is 6.31. The number of rotatable bonds is 3. The molecule has 0 fully saturated rings. The third-order valence-corrected chi connectivity index (χ3v) is 4.93. The molecular weight excluding hydrogens is 326 g/mol. The quantitative estimate of drug-likeness (QED) is 0.813. The summed E-state index contributed by atoms with van der Waals surface area (Å²) in [6, 6.07) is 3.58. The van der Waals surface area contributed by atoms with Crippen LogP contribution in [0, 0.1) is 0 Å². The van der Waals surface area contributed by atoms with E-state index >= 15 is 0 Å². The molecule has 1 unspecified atom stereocenters. The van der Waals surface area contributed by atoms with Gasteiger partial charge in [0, 0.05) is 17.7 Å². The Balaban J connectivity index is 1.91. The van der Waals surface area contributed by atoms with Gasteiger partial charge in [-0.25, -0.2) is 4.79 Å². The number of fused-ring (bicyclic) bond motifs is 1. The molecule has 0 saturated heterocycles. The molecule has 0 bridgehead atoms. The Bertz CT molecular complexity index is 886. The summed E-state index contributed by atoms with van der Waals surface area (Å²) in [5, 5.41) is 0.658. The van der Waals surface area contributed by atoms with Gasteiger partial charge in [-0.3, -0.25) is 0 Å². The normalized spacial score (nSPS) is 19.5. The number of aromatic amines is 1. The van der Waals surface area contributed by atoms with E-state index in [2.05, 4.69) is 4.98 Å². The van der Waals surface area contributed by atoms with E-state index in [0.29, 0.717) is 22.1 Å². The third kappa shape index (κ3) is 2.82. The van der Waals surface area contributed by atoms with Crippen molar-refractivity contribution >= 4 is 23.3 Å². The lowest BCUT2D eigenvalue weighted by Crippen LogP contribution is -2.32. The highest BCUT2D eigenvalue weighted by Gasteiger charge is 2.42. The first kappa shape index (κ1) is 16.7. The van der Waals surface area contributed by atoms with Crippen LogP contribution < -0.4 is 10.4 Å². The Labute approximate surface area is 145 Å². The lowest BCUT2D eigenvalue weighted by molar-refractivity contribution is 0.185. The molecule has 1 N–H and O–H groups in total. The van der Waals surface area contributed by atoms with E-state index in [0.717, 1.165) is 11.3 Å². The number of aromatic nitrogens is 1. The van der Waals surface area contributed by atoms with Gasteiger partial charge in [0.1, 0.15) is 17.6 Å². The molecule has 0 saturated carbocycles. The third-order valence-electron chi connectivity index (χ3n) is 4.60. The monoisotopic (exact) mass is 345 g/mol. The number of hydrogen-bond donors (Lipinski definition) is 1. The van der Waals surface area contributed by atoms with Crippen LogP contribution in [0.1, 0.15) is 44.7 Å². The first-order chi connectivity index (χ1) is 11.3. The number of H-pyrrole nitrogens is 1. The lowest BCUT2D eigenvalue weighted by Gasteiger charge is -2.20. The van der Waals surface area contributed by atoms with Gasteiger partial charge in [0.15, 0.2) is 0 Å². The van der Waals surface area contributed by atoms with Crippen molar-refractivity contribution in [3.63, 3.8) is 0 Å². The zero-order chi connectivity index (χ0) is 17.5. The number of ether oxygens (including phenoxy) is 1. The Kier molecular flexibility index (Phi) is 4.18. The van der Waals surface area contributed by atoms with Crippen molar-refractivity contribution in [1.82, 2.24) is 4.98 Å². The fourth-order valence-corrected chi connectivity index (χ4v) is 2.92. The van der Waals surface area contributed by atoms with Crippen molar-refractivity contribution < 1.29 is 9.15 Å². The molecule has 0 amide bonds. The van der Waals surface area contributed by atoms with Crippen LogP contribution in [0.15, 0.2) is 39.7 Å². The average Bonchev–Trinajstić information content (AvgIpc) is 3.00. The van der Waals surface area contributed by atoms with E-state index in [9.17, 15) is 4.79 Å². The Hall–Kier alpha value is -2.20. The smallest absolute Gasteiger partial charge is 0.343 e. The molecule has 0 spiro atoms. The van der Waals surface area contributed by atoms with Gasteiger partial charge in [0.05, 0.1) is 16.3 Å². The van der Waals surface area contributed by atoms with Gasteiger partial charge in [0.2, 0.25) is 0 Å².